The third-order valence-electron chi connectivity index (χ3n) is 4.72. The second-order valence-electron chi connectivity index (χ2n) is 6.63. The van der Waals surface area contributed by atoms with Crippen molar-refractivity contribution in [3.63, 3.8) is 0 Å². The van der Waals surface area contributed by atoms with Crippen molar-refractivity contribution in [3.8, 4) is 5.75 Å². The van der Waals surface area contributed by atoms with Gasteiger partial charge in [0, 0.05) is 10.9 Å². The summed E-state index contributed by atoms with van der Waals surface area (Å²) in [4.78, 5) is 12.6. The Morgan fingerprint density at radius 1 is 1.19 bits per heavy atom. The van der Waals surface area contributed by atoms with Crippen molar-refractivity contribution < 1.29 is 14.3 Å². The van der Waals surface area contributed by atoms with Gasteiger partial charge in [0.15, 0.2) is 0 Å². The first-order valence-corrected chi connectivity index (χ1v) is 10.6. The molecule has 0 aliphatic carbocycles. The summed E-state index contributed by atoms with van der Waals surface area (Å²) in [6.07, 6.45) is 3.40. The van der Waals surface area contributed by atoms with Crippen LogP contribution in [0, 0.1) is 0 Å². The molecule has 0 N–H and O–H groups in total. The number of rotatable bonds is 9. The highest BCUT2D eigenvalue weighted by molar-refractivity contribution is 7.07. The summed E-state index contributed by atoms with van der Waals surface area (Å²) in [6.45, 7) is 7.20. The lowest BCUT2D eigenvalue weighted by Gasteiger charge is -2.17. The Morgan fingerprint density at radius 2 is 2.04 bits per heavy atom. The predicted octanol–water partition coefficient (Wildman–Crippen LogP) is 6.06. The van der Waals surface area contributed by atoms with E-state index in [4.69, 9.17) is 9.47 Å². The van der Waals surface area contributed by atoms with Crippen LogP contribution in [-0.2, 0) is 4.74 Å². The van der Waals surface area contributed by atoms with E-state index in [-0.39, 0.29) is 12.0 Å². The topological polar surface area (TPSA) is 40.5 Å². The number of carbonyl (C=O) groups excluding carboxylic acids is 1. The smallest absolute Gasteiger partial charge is 0.354 e. The summed E-state index contributed by atoms with van der Waals surface area (Å²) < 4.78 is 13.2. The van der Waals surface area contributed by atoms with Crippen LogP contribution in [0.4, 0.5) is 0 Å². The Balaban J connectivity index is 1.97. The normalized spacial score (nSPS) is 12.3. The molecule has 0 bridgehead atoms. The molecule has 0 spiro atoms. The van der Waals surface area contributed by atoms with Crippen LogP contribution in [0.1, 0.15) is 62.1 Å². The number of ether oxygens (including phenoxy) is 2. The largest absolute Gasteiger partial charge is 0.494 e. The first-order chi connectivity index (χ1) is 13.2. The van der Waals surface area contributed by atoms with Crippen LogP contribution in [-0.4, -0.2) is 23.8 Å². The first kappa shape index (κ1) is 19.5. The maximum absolute atomic E-state index is 12.6. The summed E-state index contributed by atoms with van der Waals surface area (Å²) in [6, 6.07) is 10.1. The summed E-state index contributed by atoms with van der Waals surface area (Å²) in [5.74, 6) is 0.551. The third kappa shape index (κ3) is 4.35. The molecule has 2 aromatic heterocycles. The fraction of sp³-hybridized carbons (Fsp3) is 0.409. The van der Waals surface area contributed by atoms with E-state index in [2.05, 4.69) is 35.2 Å². The number of nitrogens with zero attached hydrogens (tertiary/aromatic N) is 1. The molecule has 3 rings (SSSR count). The van der Waals surface area contributed by atoms with E-state index in [0.29, 0.717) is 12.3 Å². The molecule has 0 aliphatic rings. The van der Waals surface area contributed by atoms with Crippen molar-refractivity contribution in [3.05, 3.63) is 52.3 Å². The van der Waals surface area contributed by atoms with Gasteiger partial charge in [-0.1, -0.05) is 19.8 Å². The lowest BCUT2D eigenvalue weighted by atomic mass is 10.1. The average Bonchev–Trinajstić information content (AvgIpc) is 3.32. The van der Waals surface area contributed by atoms with E-state index in [0.717, 1.165) is 29.7 Å². The maximum Gasteiger partial charge on any atom is 0.354 e. The van der Waals surface area contributed by atoms with Crippen LogP contribution in [0.5, 0.6) is 5.75 Å². The molecule has 1 atom stereocenters. The number of aromatic nitrogens is 1. The molecule has 5 heteroatoms. The second kappa shape index (κ2) is 9.09. The van der Waals surface area contributed by atoms with Crippen molar-refractivity contribution in [2.75, 3.05) is 13.2 Å². The van der Waals surface area contributed by atoms with Crippen LogP contribution in [0.2, 0.25) is 0 Å². The maximum atomic E-state index is 12.6. The Bertz CT molecular complexity index is 882. The van der Waals surface area contributed by atoms with Crippen molar-refractivity contribution in [2.24, 2.45) is 0 Å². The zero-order chi connectivity index (χ0) is 19.2. The molecule has 0 aliphatic heterocycles. The zero-order valence-corrected chi connectivity index (χ0v) is 17.1. The number of esters is 1. The molecule has 3 aromatic rings. The minimum Gasteiger partial charge on any atom is -0.494 e. The van der Waals surface area contributed by atoms with E-state index in [1.54, 1.807) is 11.3 Å². The Kier molecular flexibility index (Phi) is 6.56. The summed E-state index contributed by atoms with van der Waals surface area (Å²) in [5, 5.41) is 5.17. The Hall–Kier alpha value is -2.27. The molecule has 27 heavy (non-hydrogen) atoms. The van der Waals surface area contributed by atoms with Gasteiger partial charge in [0.25, 0.3) is 0 Å². The molecule has 1 unspecified atom stereocenters. The number of carbonyl (C=O) groups is 1. The summed E-state index contributed by atoms with van der Waals surface area (Å²) in [7, 11) is 0. The zero-order valence-electron chi connectivity index (χ0n) is 16.2. The number of thiophene rings is 1. The van der Waals surface area contributed by atoms with Gasteiger partial charge in [0.2, 0.25) is 0 Å². The number of unbranched alkanes of at least 4 members (excludes halogenated alkanes) is 2. The molecular weight excluding hydrogens is 358 g/mol. The standard InChI is InChI=1S/C22H27NO3S/c1-4-6-7-11-26-19-8-9-20-18(13-19)14-21(22(24)25-5-2)23(20)16(3)17-10-12-27-15-17/h8-10,12-16H,4-7,11H2,1-3H3. The molecular formula is C22H27NO3S. The van der Waals surface area contributed by atoms with Gasteiger partial charge >= 0.3 is 5.97 Å². The minimum absolute atomic E-state index is 0.0458. The van der Waals surface area contributed by atoms with Crippen molar-refractivity contribution in [1.29, 1.82) is 0 Å². The molecule has 0 saturated carbocycles. The van der Waals surface area contributed by atoms with Crippen LogP contribution < -0.4 is 4.74 Å². The lowest BCUT2D eigenvalue weighted by Crippen LogP contribution is -2.15. The van der Waals surface area contributed by atoms with Gasteiger partial charge in [-0.25, -0.2) is 4.79 Å². The van der Waals surface area contributed by atoms with E-state index in [9.17, 15) is 4.79 Å². The molecule has 144 valence electrons. The van der Waals surface area contributed by atoms with E-state index >= 15 is 0 Å². The number of fused-ring (bicyclic) bond motifs is 1. The summed E-state index contributed by atoms with van der Waals surface area (Å²) in [5.41, 5.74) is 2.77. The highest BCUT2D eigenvalue weighted by atomic mass is 32.1. The van der Waals surface area contributed by atoms with Gasteiger partial charge in [-0.15, -0.1) is 0 Å². The van der Waals surface area contributed by atoms with Crippen LogP contribution in [0.15, 0.2) is 41.1 Å². The van der Waals surface area contributed by atoms with Crippen molar-refractivity contribution >= 4 is 28.2 Å². The molecule has 4 nitrogen and oxygen atoms in total. The quantitative estimate of drug-likeness (QED) is 0.332. The van der Waals surface area contributed by atoms with Gasteiger partial charge in [-0.05, 0) is 66.9 Å². The Morgan fingerprint density at radius 3 is 2.74 bits per heavy atom. The molecule has 0 radical (unpaired) electrons. The first-order valence-electron chi connectivity index (χ1n) is 9.62. The highest BCUT2D eigenvalue weighted by Crippen LogP contribution is 2.31. The van der Waals surface area contributed by atoms with E-state index in [1.807, 2.05) is 31.2 Å². The number of hydrogen-bond donors (Lipinski definition) is 0. The van der Waals surface area contributed by atoms with Crippen LogP contribution in [0.25, 0.3) is 10.9 Å². The van der Waals surface area contributed by atoms with Gasteiger partial charge in [0.1, 0.15) is 11.4 Å². The predicted molar refractivity (Wildman–Crippen MR) is 111 cm³/mol. The van der Waals surface area contributed by atoms with Gasteiger partial charge in [-0.3, -0.25) is 0 Å². The second-order valence-corrected chi connectivity index (χ2v) is 7.41. The Labute approximate surface area is 164 Å². The number of hydrogen-bond acceptors (Lipinski definition) is 4. The lowest BCUT2D eigenvalue weighted by molar-refractivity contribution is 0.0513. The fourth-order valence-corrected chi connectivity index (χ4v) is 4.03. The summed E-state index contributed by atoms with van der Waals surface area (Å²) >= 11 is 1.66. The van der Waals surface area contributed by atoms with Gasteiger partial charge in [0.05, 0.1) is 19.3 Å². The van der Waals surface area contributed by atoms with E-state index < -0.39 is 0 Å². The minimum atomic E-state index is -0.291. The van der Waals surface area contributed by atoms with Crippen molar-refractivity contribution in [1.82, 2.24) is 4.57 Å². The van der Waals surface area contributed by atoms with Gasteiger partial charge < -0.3 is 14.0 Å². The SMILES string of the molecule is CCCCCOc1ccc2c(c1)cc(C(=O)OCC)n2C(C)c1ccsc1. The van der Waals surface area contributed by atoms with Crippen LogP contribution in [0.3, 0.4) is 0 Å². The molecule has 0 fully saturated rings. The molecule has 1 aromatic carbocycles. The monoisotopic (exact) mass is 385 g/mol. The fourth-order valence-electron chi connectivity index (χ4n) is 3.29. The molecule has 0 saturated heterocycles. The average molecular weight is 386 g/mol. The molecule has 2 heterocycles. The third-order valence-corrected chi connectivity index (χ3v) is 5.43. The number of benzene rings is 1. The van der Waals surface area contributed by atoms with Crippen LogP contribution >= 0.6 is 11.3 Å². The van der Waals surface area contributed by atoms with Crippen molar-refractivity contribution in [2.45, 2.75) is 46.1 Å². The highest BCUT2D eigenvalue weighted by Gasteiger charge is 2.22. The van der Waals surface area contributed by atoms with E-state index in [1.165, 1.54) is 18.4 Å². The molecule has 0 amide bonds. The van der Waals surface area contributed by atoms with Gasteiger partial charge in [-0.2, -0.15) is 11.3 Å².